The molecule has 0 aliphatic rings. The van der Waals surface area contributed by atoms with Gasteiger partial charge in [-0.05, 0) is 18.6 Å². The van der Waals surface area contributed by atoms with E-state index in [0.717, 1.165) is 12.2 Å². The van der Waals surface area contributed by atoms with Crippen molar-refractivity contribution in [3.63, 3.8) is 0 Å². The summed E-state index contributed by atoms with van der Waals surface area (Å²) in [6.45, 7) is 1.98. The highest BCUT2D eigenvalue weighted by molar-refractivity contribution is 7.99. The van der Waals surface area contributed by atoms with Crippen molar-refractivity contribution in [3.8, 4) is 0 Å². The van der Waals surface area contributed by atoms with E-state index in [1.807, 2.05) is 6.92 Å². The van der Waals surface area contributed by atoms with Gasteiger partial charge >= 0.3 is 11.9 Å². The lowest BCUT2D eigenvalue weighted by molar-refractivity contribution is -0.141. The Labute approximate surface area is 115 Å². The third kappa shape index (κ3) is 8.44. The van der Waals surface area contributed by atoms with Gasteiger partial charge in [0.05, 0.1) is 0 Å². The second-order valence-electron chi connectivity index (χ2n) is 4.02. The van der Waals surface area contributed by atoms with Crippen LogP contribution >= 0.6 is 11.8 Å². The Hall–Kier alpha value is -1.28. The number of rotatable bonds is 10. The number of carbonyl (C=O) groups excluding carboxylic acids is 1. The molecule has 2 atom stereocenters. The Morgan fingerprint density at radius 2 is 1.89 bits per heavy atom. The first-order valence-electron chi connectivity index (χ1n) is 5.96. The number of aliphatic carboxylic acids is 2. The Bertz CT molecular complexity index is 324. The van der Waals surface area contributed by atoms with Gasteiger partial charge in [0.1, 0.15) is 12.1 Å². The van der Waals surface area contributed by atoms with Crippen molar-refractivity contribution >= 4 is 29.6 Å². The number of carboxylic acids is 2. The molecule has 0 spiro atoms. The number of carbonyl (C=O) groups is 3. The van der Waals surface area contributed by atoms with E-state index >= 15 is 0 Å². The maximum absolute atomic E-state index is 11.5. The molecule has 0 heterocycles. The van der Waals surface area contributed by atoms with Gasteiger partial charge in [0.15, 0.2) is 0 Å². The number of nitrogens with one attached hydrogen (secondary N) is 1. The lowest BCUT2D eigenvalue weighted by Crippen LogP contribution is -2.43. The van der Waals surface area contributed by atoms with Crippen LogP contribution in [0, 0.1) is 0 Å². The second-order valence-corrected chi connectivity index (χ2v) is 5.17. The van der Waals surface area contributed by atoms with E-state index in [1.54, 1.807) is 0 Å². The molecule has 0 bridgehead atoms. The topological polar surface area (TPSA) is 130 Å². The number of hydrogen-bond donors (Lipinski definition) is 4. The molecule has 0 aromatic heterocycles. The monoisotopic (exact) mass is 292 g/mol. The summed E-state index contributed by atoms with van der Waals surface area (Å²) in [4.78, 5) is 32.9. The van der Waals surface area contributed by atoms with E-state index in [9.17, 15) is 14.4 Å². The van der Waals surface area contributed by atoms with Crippen molar-refractivity contribution in [2.24, 2.45) is 5.73 Å². The van der Waals surface area contributed by atoms with Crippen LogP contribution in [0.15, 0.2) is 0 Å². The molecule has 0 aromatic rings. The fraction of sp³-hybridized carbons (Fsp3) is 0.727. The summed E-state index contributed by atoms with van der Waals surface area (Å²) < 4.78 is 0. The van der Waals surface area contributed by atoms with Crippen molar-refractivity contribution < 1.29 is 24.6 Å². The molecular formula is C11H20N2O5S. The predicted molar refractivity (Wildman–Crippen MR) is 72.0 cm³/mol. The fourth-order valence-electron chi connectivity index (χ4n) is 1.20. The first kappa shape index (κ1) is 17.7. The van der Waals surface area contributed by atoms with Crippen LogP contribution in [-0.2, 0) is 14.4 Å². The summed E-state index contributed by atoms with van der Waals surface area (Å²) in [5.41, 5.74) is 5.25. The van der Waals surface area contributed by atoms with E-state index in [0.29, 0.717) is 5.75 Å². The molecule has 8 heteroatoms. The summed E-state index contributed by atoms with van der Waals surface area (Å²) >= 11 is 1.45. The first-order chi connectivity index (χ1) is 8.88. The Morgan fingerprint density at radius 3 is 2.37 bits per heavy atom. The van der Waals surface area contributed by atoms with E-state index in [4.69, 9.17) is 15.9 Å². The van der Waals surface area contributed by atoms with E-state index in [2.05, 4.69) is 5.32 Å². The first-order valence-corrected chi connectivity index (χ1v) is 7.12. The van der Waals surface area contributed by atoms with Crippen molar-refractivity contribution in [1.29, 1.82) is 0 Å². The zero-order chi connectivity index (χ0) is 14.8. The lowest BCUT2D eigenvalue weighted by atomic mass is 10.1. The molecule has 7 nitrogen and oxygen atoms in total. The molecule has 1 amide bonds. The summed E-state index contributed by atoms with van der Waals surface area (Å²) in [5, 5.41) is 19.9. The van der Waals surface area contributed by atoms with Crippen LogP contribution in [0.5, 0.6) is 0 Å². The van der Waals surface area contributed by atoms with Crippen LogP contribution in [0.1, 0.15) is 26.2 Å². The molecule has 19 heavy (non-hydrogen) atoms. The standard InChI is InChI=1S/C11H20N2O5S/c1-2-5-19-6-8(11(17)18)13-9(14)4-3-7(12)10(15)16/h7-8H,2-6,12H2,1H3,(H,13,14)(H,15,16)(H,17,18)/t7-,8-/m0/s1. The summed E-state index contributed by atoms with van der Waals surface area (Å²) in [6.07, 6.45) is 0.809. The highest BCUT2D eigenvalue weighted by Gasteiger charge is 2.20. The normalized spacial score (nSPS) is 13.6. The second kappa shape index (κ2) is 9.62. The fourth-order valence-corrected chi connectivity index (χ4v) is 2.11. The quantitative estimate of drug-likeness (QED) is 0.413. The van der Waals surface area contributed by atoms with Crippen LogP contribution in [0.25, 0.3) is 0 Å². The van der Waals surface area contributed by atoms with Crippen molar-refractivity contribution in [2.75, 3.05) is 11.5 Å². The number of nitrogens with two attached hydrogens (primary N) is 1. The van der Waals surface area contributed by atoms with Crippen LogP contribution in [0.4, 0.5) is 0 Å². The van der Waals surface area contributed by atoms with Crippen molar-refractivity contribution in [1.82, 2.24) is 5.32 Å². The zero-order valence-corrected chi connectivity index (χ0v) is 11.6. The SMILES string of the molecule is CCCSC[C@H](NC(=O)CC[C@H](N)C(=O)O)C(=O)O. The molecule has 5 N–H and O–H groups in total. The van der Waals surface area contributed by atoms with Gasteiger partial charge in [0.2, 0.25) is 5.91 Å². The third-order valence-corrected chi connectivity index (χ3v) is 3.53. The molecule has 0 aromatic carbocycles. The molecular weight excluding hydrogens is 272 g/mol. The molecule has 0 aliphatic heterocycles. The van der Waals surface area contributed by atoms with Gasteiger partial charge in [0, 0.05) is 12.2 Å². The zero-order valence-electron chi connectivity index (χ0n) is 10.8. The summed E-state index contributed by atoms with van der Waals surface area (Å²) in [6, 6.07) is -2.06. The van der Waals surface area contributed by atoms with Gasteiger partial charge in [-0.2, -0.15) is 11.8 Å². The van der Waals surface area contributed by atoms with Gasteiger partial charge in [-0.3, -0.25) is 9.59 Å². The number of hydrogen-bond acceptors (Lipinski definition) is 5. The molecule has 0 unspecified atom stereocenters. The number of carboxylic acid groups (broad SMARTS) is 2. The average molecular weight is 292 g/mol. The molecule has 110 valence electrons. The predicted octanol–water partition coefficient (Wildman–Crippen LogP) is -0.109. The van der Waals surface area contributed by atoms with Gasteiger partial charge in [0.25, 0.3) is 0 Å². The lowest BCUT2D eigenvalue weighted by Gasteiger charge is -2.14. The maximum atomic E-state index is 11.5. The van der Waals surface area contributed by atoms with Gasteiger partial charge in [-0.1, -0.05) is 6.92 Å². The largest absolute Gasteiger partial charge is 0.480 e. The highest BCUT2D eigenvalue weighted by atomic mass is 32.2. The maximum Gasteiger partial charge on any atom is 0.327 e. The molecule has 0 rings (SSSR count). The molecule has 0 saturated heterocycles. The molecule has 0 radical (unpaired) electrons. The Balaban J connectivity index is 4.09. The third-order valence-electron chi connectivity index (χ3n) is 2.27. The minimum Gasteiger partial charge on any atom is -0.480 e. The van der Waals surface area contributed by atoms with Crippen LogP contribution in [0.3, 0.4) is 0 Å². The van der Waals surface area contributed by atoms with Crippen LogP contribution in [-0.4, -0.2) is 51.6 Å². The average Bonchev–Trinajstić information content (AvgIpc) is 2.34. The summed E-state index contributed by atoms with van der Waals surface area (Å²) in [7, 11) is 0. The van der Waals surface area contributed by atoms with Gasteiger partial charge < -0.3 is 21.3 Å². The number of thioether (sulfide) groups is 1. The van der Waals surface area contributed by atoms with Gasteiger partial charge in [-0.25, -0.2) is 4.79 Å². The highest BCUT2D eigenvalue weighted by Crippen LogP contribution is 2.05. The van der Waals surface area contributed by atoms with Crippen molar-refractivity contribution in [3.05, 3.63) is 0 Å². The van der Waals surface area contributed by atoms with Crippen LogP contribution in [0.2, 0.25) is 0 Å². The molecule has 0 saturated carbocycles. The van der Waals surface area contributed by atoms with Crippen LogP contribution < -0.4 is 11.1 Å². The summed E-state index contributed by atoms with van der Waals surface area (Å²) in [5.74, 6) is -1.66. The molecule has 0 aliphatic carbocycles. The molecule has 0 fully saturated rings. The van der Waals surface area contributed by atoms with E-state index < -0.39 is 29.9 Å². The Kier molecular flexibility index (Phi) is 8.98. The van der Waals surface area contributed by atoms with E-state index in [-0.39, 0.29) is 12.8 Å². The Morgan fingerprint density at radius 1 is 1.26 bits per heavy atom. The smallest absolute Gasteiger partial charge is 0.327 e. The van der Waals surface area contributed by atoms with Crippen molar-refractivity contribution in [2.45, 2.75) is 38.3 Å². The van der Waals surface area contributed by atoms with Gasteiger partial charge in [-0.15, -0.1) is 0 Å². The minimum atomic E-state index is -1.18. The van der Waals surface area contributed by atoms with E-state index in [1.165, 1.54) is 11.8 Å². The minimum absolute atomic E-state index is 0.0182. The number of amides is 1.